The maximum absolute atomic E-state index is 13.5. The molecule has 2 aliphatic heterocycles. The number of ketones is 1. The van der Waals surface area contributed by atoms with Gasteiger partial charge in [0.25, 0.3) is 5.56 Å². The van der Waals surface area contributed by atoms with Crippen LogP contribution in [-0.2, 0) is 4.79 Å². The van der Waals surface area contributed by atoms with Crippen molar-refractivity contribution in [3.05, 3.63) is 73.3 Å². The Labute approximate surface area is 181 Å². The number of phenolic OH excluding ortho intramolecular Hbond substituents is 1. The second-order valence-corrected chi connectivity index (χ2v) is 8.82. The van der Waals surface area contributed by atoms with Gasteiger partial charge in [0, 0.05) is 11.1 Å². The van der Waals surface area contributed by atoms with Crippen LogP contribution in [0.5, 0.6) is 17.2 Å². The summed E-state index contributed by atoms with van der Waals surface area (Å²) in [6.07, 6.45) is 1.62. The molecule has 3 heterocycles. The maximum atomic E-state index is 13.5. The minimum absolute atomic E-state index is 0.0429. The van der Waals surface area contributed by atoms with Gasteiger partial charge in [-0.3, -0.25) is 14.2 Å². The summed E-state index contributed by atoms with van der Waals surface area (Å²) >= 11 is 1.21. The molecule has 2 aliphatic rings. The molecule has 31 heavy (non-hydrogen) atoms. The lowest BCUT2D eigenvalue weighted by Crippen LogP contribution is -2.58. The summed E-state index contributed by atoms with van der Waals surface area (Å²) in [5, 5.41) is 10.4. The zero-order valence-corrected chi connectivity index (χ0v) is 18.0. The lowest BCUT2D eigenvalue weighted by atomic mass is 9.79. The Morgan fingerprint density at radius 2 is 2.06 bits per heavy atom. The van der Waals surface area contributed by atoms with E-state index >= 15 is 0 Å². The highest BCUT2D eigenvalue weighted by Gasteiger charge is 2.53. The number of ether oxygens (including phenoxy) is 2. The number of methoxy groups -OCH3 is 1. The van der Waals surface area contributed by atoms with Crippen LogP contribution in [-0.4, -0.2) is 28.3 Å². The third kappa shape index (κ3) is 2.82. The van der Waals surface area contributed by atoms with Gasteiger partial charge in [0.1, 0.15) is 17.5 Å². The highest BCUT2D eigenvalue weighted by molar-refractivity contribution is 7.07. The lowest BCUT2D eigenvalue weighted by molar-refractivity contribution is -0.132. The van der Waals surface area contributed by atoms with E-state index in [0.717, 1.165) is 5.56 Å². The molecule has 5 rings (SSSR count). The quantitative estimate of drug-likeness (QED) is 0.678. The molecule has 0 fully saturated rings. The Hall–Kier alpha value is -3.39. The van der Waals surface area contributed by atoms with Gasteiger partial charge in [-0.05, 0) is 32.1 Å². The van der Waals surface area contributed by atoms with Gasteiger partial charge in [-0.2, -0.15) is 0 Å². The Morgan fingerprint density at radius 1 is 1.29 bits per heavy atom. The topological polar surface area (TPSA) is 90.1 Å². The van der Waals surface area contributed by atoms with E-state index in [1.807, 2.05) is 24.3 Å². The van der Waals surface area contributed by atoms with Gasteiger partial charge in [-0.1, -0.05) is 41.7 Å². The molecule has 3 atom stereocenters. The number of benzene rings is 2. The Morgan fingerprint density at radius 3 is 2.81 bits per heavy atom. The summed E-state index contributed by atoms with van der Waals surface area (Å²) < 4.78 is 13.3. The summed E-state index contributed by atoms with van der Waals surface area (Å²) in [5.41, 5.74) is -0.116. The van der Waals surface area contributed by atoms with Crippen molar-refractivity contribution in [1.82, 2.24) is 4.57 Å². The van der Waals surface area contributed by atoms with Crippen LogP contribution in [0.4, 0.5) is 0 Å². The van der Waals surface area contributed by atoms with Gasteiger partial charge in [0.05, 0.1) is 17.7 Å². The number of phenols is 1. The van der Waals surface area contributed by atoms with E-state index < -0.39 is 17.7 Å². The largest absolute Gasteiger partial charge is 0.504 e. The van der Waals surface area contributed by atoms with Crippen molar-refractivity contribution in [3.63, 3.8) is 0 Å². The van der Waals surface area contributed by atoms with E-state index in [0.29, 0.717) is 26.4 Å². The number of aromatic nitrogens is 1. The molecule has 8 heteroatoms. The molecule has 158 valence electrons. The van der Waals surface area contributed by atoms with Gasteiger partial charge in [-0.15, -0.1) is 0 Å². The van der Waals surface area contributed by atoms with E-state index in [1.54, 1.807) is 35.8 Å². The minimum Gasteiger partial charge on any atom is -0.504 e. The third-order valence-corrected chi connectivity index (χ3v) is 6.84. The first-order valence-electron chi connectivity index (χ1n) is 9.81. The second-order valence-electron chi connectivity index (χ2n) is 7.81. The first-order valence-corrected chi connectivity index (χ1v) is 10.6. The Balaban J connectivity index is 1.80. The lowest BCUT2D eigenvalue weighted by Gasteiger charge is -2.45. The molecule has 1 N–H and O–H groups in total. The number of thiazole rings is 1. The molecule has 0 amide bonds. The molecule has 0 radical (unpaired) electrons. The minimum atomic E-state index is -1.10. The first kappa shape index (κ1) is 19.6. The van der Waals surface area contributed by atoms with Crippen LogP contribution < -0.4 is 24.4 Å². The molecular weight excluding hydrogens is 416 g/mol. The number of nitrogens with zero attached hydrogens (tertiary/aromatic N) is 2. The third-order valence-electron chi connectivity index (χ3n) is 5.85. The van der Waals surface area contributed by atoms with E-state index in [1.165, 1.54) is 25.4 Å². The number of rotatable bonds is 3. The van der Waals surface area contributed by atoms with E-state index in [-0.39, 0.29) is 17.1 Å². The van der Waals surface area contributed by atoms with Gasteiger partial charge in [0.15, 0.2) is 16.3 Å². The molecule has 1 aromatic heterocycles. The fourth-order valence-corrected chi connectivity index (χ4v) is 5.61. The summed E-state index contributed by atoms with van der Waals surface area (Å²) in [5.74, 6) is 0.183. The standard InChI is InChI=1S/C23H20N2O5S/c1-12(26)18-19-14-8-4-5-9-15(14)30-23(18,2)24-22-25(19)21(28)17(31-22)11-13-7-6-10-16(29-3)20(13)27/h4-11,18-19,27H,1-3H3/b17-11-/t18-,19+,23-/m1/s1. The SMILES string of the molecule is COc1cccc(/C=c2\sc3n(c2=O)[C@H]2c4ccccc4O[C@@](C)(N=3)[C@@H]2C(C)=O)c1O. The fraction of sp³-hybridized carbons (Fsp3) is 0.261. The number of aromatic hydroxyl groups is 1. The van der Waals surface area contributed by atoms with Crippen molar-refractivity contribution >= 4 is 23.2 Å². The normalized spacial score (nSPS) is 23.9. The van der Waals surface area contributed by atoms with Crippen LogP contribution >= 0.6 is 11.3 Å². The van der Waals surface area contributed by atoms with Gasteiger partial charge >= 0.3 is 0 Å². The maximum Gasteiger partial charge on any atom is 0.270 e. The number of carbonyl (C=O) groups excluding carboxylic acids is 1. The molecule has 3 aromatic rings. The first-order chi connectivity index (χ1) is 14.8. The van der Waals surface area contributed by atoms with E-state index in [2.05, 4.69) is 0 Å². The molecule has 0 saturated heterocycles. The van der Waals surface area contributed by atoms with Crippen molar-refractivity contribution in [2.24, 2.45) is 10.9 Å². The average molecular weight is 436 g/mol. The zero-order chi connectivity index (χ0) is 21.9. The fourth-order valence-electron chi connectivity index (χ4n) is 4.52. The van der Waals surface area contributed by atoms with Gasteiger partial charge < -0.3 is 14.6 Å². The predicted octanol–water partition coefficient (Wildman–Crippen LogP) is 1.99. The van der Waals surface area contributed by atoms with E-state index in [9.17, 15) is 14.7 Å². The average Bonchev–Trinajstić information content (AvgIpc) is 3.02. The Kier molecular flexibility index (Phi) is 4.30. The van der Waals surface area contributed by atoms with Crippen LogP contribution in [0.1, 0.15) is 31.0 Å². The van der Waals surface area contributed by atoms with Gasteiger partial charge in [0.2, 0.25) is 5.72 Å². The molecule has 2 bridgehead atoms. The number of Topliss-reactive ketones (excluding diaryl/α,β-unsaturated/α-hetero) is 1. The zero-order valence-electron chi connectivity index (χ0n) is 17.2. The van der Waals surface area contributed by atoms with Crippen LogP contribution in [0.3, 0.4) is 0 Å². The predicted molar refractivity (Wildman–Crippen MR) is 115 cm³/mol. The van der Waals surface area contributed by atoms with Crippen LogP contribution in [0.15, 0.2) is 52.3 Å². The summed E-state index contributed by atoms with van der Waals surface area (Å²) in [4.78, 5) is 31.3. The Bertz CT molecular complexity index is 1410. The van der Waals surface area contributed by atoms with Crippen molar-refractivity contribution < 1.29 is 19.4 Å². The summed E-state index contributed by atoms with van der Waals surface area (Å²) in [6, 6.07) is 12.0. The monoisotopic (exact) mass is 436 g/mol. The summed E-state index contributed by atoms with van der Waals surface area (Å²) in [6.45, 7) is 3.29. The van der Waals surface area contributed by atoms with Crippen LogP contribution in [0.2, 0.25) is 0 Å². The highest BCUT2D eigenvalue weighted by Crippen LogP contribution is 2.47. The van der Waals surface area contributed by atoms with Crippen molar-refractivity contribution in [2.75, 3.05) is 7.11 Å². The number of hydrogen-bond acceptors (Lipinski definition) is 7. The number of fused-ring (bicyclic) bond motifs is 6. The summed E-state index contributed by atoms with van der Waals surface area (Å²) in [7, 11) is 1.47. The van der Waals surface area contributed by atoms with E-state index in [4.69, 9.17) is 14.5 Å². The molecule has 7 nitrogen and oxygen atoms in total. The number of carbonyl (C=O) groups is 1. The van der Waals surface area contributed by atoms with Crippen molar-refractivity contribution in [3.8, 4) is 17.2 Å². The van der Waals surface area contributed by atoms with Gasteiger partial charge in [-0.25, -0.2) is 4.99 Å². The molecular formula is C23H20N2O5S. The smallest absolute Gasteiger partial charge is 0.270 e. The molecule has 2 aromatic carbocycles. The highest BCUT2D eigenvalue weighted by atomic mass is 32.1. The molecule has 0 aliphatic carbocycles. The second kappa shape index (κ2) is 6.81. The van der Waals surface area contributed by atoms with Crippen LogP contribution in [0, 0.1) is 5.92 Å². The van der Waals surface area contributed by atoms with Crippen molar-refractivity contribution in [2.45, 2.75) is 25.6 Å². The molecule has 0 saturated carbocycles. The number of para-hydroxylation sites is 2. The number of hydrogen-bond donors (Lipinski definition) is 1. The molecule has 0 spiro atoms. The molecule has 0 unspecified atom stereocenters. The van der Waals surface area contributed by atoms with Crippen LogP contribution in [0.25, 0.3) is 6.08 Å². The van der Waals surface area contributed by atoms with Crippen molar-refractivity contribution in [1.29, 1.82) is 0 Å².